The summed E-state index contributed by atoms with van der Waals surface area (Å²) >= 11 is 0. The summed E-state index contributed by atoms with van der Waals surface area (Å²) in [4.78, 5) is 11.4. The molecule has 0 bridgehead atoms. The molecule has 0 aliphatic rings. The molecule has 2 heteroatoms. The summed E-state index contributed by atoms with van der Waals surface area (Å²) in [6.45, 7) is 5.65. The Balaban J connectivity index is 2.67. The fourth-order valence-corrected chi connectivity index (χ4v) is 1.86. The first kappa shape index (κ1) is 11.4. The van der Waals surface area contributed by atoms with Crippen LogP contribution in [0.15, 0.2) is 58.3 Å². The van der Waals surface area contributed by atoms with Crippen LogP contribution in [0.1, 0.15) is 11.1 Å². The second-order valence-corrected chi connectivity index (χ2v) is 3.91. The van der Waals surface area contributed by atoms with E-state index in [2.05, 4.69) is 6.58 Å². The second-order valence-electron chi connectivity index (χ2n) is 3.91. The van der Waals surface area contributed by atoms with Crippen molar-refractivity contribution < 1.29 is 4.42 Å². The highest BCUT2D eigenvalue weighted by molar-refractivity contribution is 5.62. The van der Waals surface area contributed by atoms with Gasteiger partial charge in [0.15, 0.2) is 0 Å². The van der Waals surface area contributed by atoms with Crippen molar-refractivity contribution in [2.75, 3.05) is 0 Å². The molecular formula is C15H14O2. The quantitative estimate of drug-likeness (QED) is 0.751. The van der Waals surface area contributed by atoms with Crippen molar-refractivity contribution in [3.05, 3.63) is 70.6 Å². The molecule has 0 fully saturated rings. The first-order chi connectivity index (χ1) is 8.22. The minimum atomic E-state index is -0.311. The van der Waals surface area contributed by atoms with Crippen LogP contribution in [0.4, 0.5) is 0 Å². The third-order valence-electron chi connectivity index (χ3n) is 2.67. The Morgan fingerprint density at radius 3 is 2.65 bits per heavy atom. The van der Waals surface area contributed by atoms with Crippen LogP contribution >= 0.6 is 0 Å². The lowest BCUT2D eigenvalue weighted by Crippen LogP contribution is -2.03. The number of hydrogen-bond donors (Lipinski definition) is 0. The molecule has 1 heterocycles. The zero-order valence-electron chi connectivity index (χ0n) is 9.77. The van der Waals surface area contributed by atoms with Gasteiger partial charge < -0.3 is 4.42 Å². The van der Waals surface area contributed by atoms with Crippen molar-refractivity contribution in [1.82, 2.24) is 0 Å². The molecule has 0 aliphatic heterocycles. The van der Waals surface area contributed by atoms with Crippen LogP contribution in [0.25, 0.3) is 11.3 Å². The molecule has 86 valence electrons. The molecule has 0 aliphatic carbocycles. The Kier molecular flexibility index (Phi) is 3.24. The Labute approximate surface area is 100 Å². The number of aryl methyl sites for hydroxylation is 1. The molecule has 0 unspecified atom stereocenters. The van der Waals surface area contributed by atoms with Gasteiger partial charge in [0.25, 0.3) is 0 Å². The second kappa shape index (κ2) is 4.83. The van der Waals surface area contributed by atoms with Gasteiger partial charge in [-0.05, 0) is 18.9 Å². The van der Waals surface area contributed by atoms with E-state index >= 15 is 0 Å². The Morgan fingerprint density at radius 1 is 1.29 bits per heavy atom. The SMILES string of the molecule is C=CCc1c(C)cc(=O)oc1-c1ccccc1. The first-order valence-corrected chi connectivity index (χ1v) is 5.52. The van der Waals surface area contributed by atoms with E-state index in [-0.39, 0.29) is 5.63 Å². The third-order valence-corrected chi connectivity index (χ3v) is 2.67. The van der Waals surface area contributed by atoms with Crippen LogP contribution in [0, 0.1) is 6.92 Å². The number of benzene rings is 1. The van der Waals surface area contributed by atoms with E-state index in [1.807, 2.05) is 43.3 Å². The number of hydrogen-bond acceptors (Lipinski definition) is 2. The van der Waals surface area contributed by atoms with E-state index in [1.54, 1.807) is 0 Å². The molecule has 1 aromatic carbocycles. The van der Waals surface area contributed by atoms with Crippen molar-refractivity contribution in [2.24, 2.45) is 0 Å². The van der Waals surface area contributed by atoms with Gasteiger partial charge in [0.2, 0.25) is 0 Å². The van der Waals surface area contributed by atoms with Gasteiger partial charge in [-0.15, -0.1) is 6.58 Å². The summed E-state index contributed by atoms with van der Waals surface area (Å²) < 4.78 is 5.32. The zero-order chi connectivity index (χ0) is 12.3. The van der Waals surface area contributed by atoms with E-state index < -0.39 is 0 Å². The monoisotopic (exact) mass is 226 g/mol. The normalized spacial score (nSPS) is 10.2. The highest BCUT2D eigenvalue weighted by Gasteiger charge is 2.10. The van der Waals surface area contributed by atoms with Crippen molar-refractivity contribution in [2.45, 2.75) is 13.3 Å². The fraction of sp³-hybridized carbons (Fsp3) is 0.133. The summed E-state index contributed by atoms with van der Waals surface area (Å²) in [5.74, 6) is 0.649. The van der Waals surface area contributed by atoms with Gasteiger partial charge in [0.05, 0.1) is 0 Å². The van der Waals surface area contributed by atoms with Gasteiger partial charge in [-0.25, -0.2) is 4.79 Å². The molecule has 2 aromatic rings. The lowest BCUT2D eigenvalue weighted by molar-refractivity contribution is 0.519. The van der Waals surface area contributed by atoms with Gasteiger partial charge in [0, 0.05) is 17.2 Å². The van der Waals surface area contributed by atoms with Crippen LogP contribution in [0.5, 0.6) is 0 Å². The van der Waals surface area contributed by atoms with Crippen LogP contribution < -0.4 is 5.63 Å². The molecule has 0 amide bonds. The van der Waals surface area contributed by atoms with E-state index in [9.17, 15) is 4.79 Å². The van der Waals surface area contributed by atoms with Crippen LogP contribution in [-0.4, -0.2) is 0 Å². The lowest BCUT2D eigenvalue weighted by Gasteiger charge is -2.08. The van der Waals surface area contributed by atoms with Gasteiger partial charge in [0.1, 0.15) is 5.76 Å². The summed E-state index contributed by atoms with van der Waals surface area (Å²) in [7, 11) is 0. The van der Waals surface area contributed by atoms with Crippen molar-refractivity contribution in [1.29, 1.82) is 0 Å². The largest absolute Gasteiger partial charge is 0.422 e. The Bertz CT molecular complexity index is 580. The fourth-order valence-electron chi connectivity index (χ4n) is 1.86. The summed E-state index contributed by atoms with van der Waals surface area (Å²) in [6.07, 6.45) is 2.51. The maximum absolute atomic E-state index is 11.4. The molecule has 0 atom stereocenters. The number of rotatable bonds is 3. The predicted octanol–water partition coefficient (Wildman–Crippen LogP) is 3.34. The van der Waals surface area contributed by atoms with Gasteiger partial charge in [-0.1, -0.05) is 36.4 Å². The molecule has 0 spiro atoms. The molecular weight excluding hydrogens is 212 g/mol. The van der Waals surface area contributed by atoms with Crippen LogP contribution in [-0.2, 0) is 6.42 Å². The molecule has 2 nitrogen and oxygen atoms in total. The first-order valence-electron chi connectivity index (χ1n) is 5.52. The maximum Gasteiger partial charge on any atom is 0.336 e. The third kappa shape index (κ3) is 2.36. The predicted molar refractivity (Wildman–Crippen MR) is 69.1 cm³/mol. The van der Waals surface area contributed by atoms with Gasteiger partial charge in [-0.2, -0.15) is 0 Å². The van der Waals surface area contributed by atoms with E-state index in [0.29, 0.717) is 12.2 Å². The standard InChI is InChI=1S/C15H14O2/c1-3-7-13-11(2)10-14(16)17-15(13)12-8-5-4-6-9-12/h3-6,8-10H,1,7H2,2H3. The Hall–Kier alpha value is -2.09. The average Bonchev–Trinajstić information content (AvgIpc) is 2.33. The van der Waals surface area contributed by atoms with Crippen LogP contribution in [0.3, 0.4) is 0 Å². The highest BCUT2D eigenvalue weighted by atomic mass is 16.4. The van der Waals surface area contributed by atoms with Crippen molar-refractivity contribution >= 4 is 0 Å². The Morgan fingerprint density at radius 2 is 2.00 bits per heavy atom. The molecule has 0 saturated heterocycles. The molecule has 17 heavy (non-hydrogen) atoms. The smallest absolute Gasteiger partial charge is 0.336 e. The molecule has 0 N–H and O–H groups in total. The summed E-state index contributed by atoms with van der Waals surface area (Å²) in [6, 6.07) is 11.2. The van der Waals surface area contributed by atoms with Gasteiger partial charge >= 0.3 is 5.63 Å². The van der Waals surface area contributed by atoms with E-state index in [1.165, 1.54) is 6.07 Å². The molecule has 2 rings (SSSR count). The van der Waals surface area contributed by atoms with Crippen LogP contribution in [0.2, 0.25) is 0 Å². The highest BCUT2D eigenvalue weighted by Crippen LogP contribution is 2.24. The molecule has 0 radical (unpaired) electrons. The molecule has 1 aromatic heterocycles. The topological polar surface area (TPSA) is 30.2 Å². The lowest BCUT2D eigenvalue weighted by atomic mass is 10.0. The minimum absolute atomic E-state index is 0.311. The van der Waals surface area contributed by atoms with Crippen molar-refractivity contribution in [3.8, 4) is 11.3 Å². The number of allylic oxidation sites excluding steroid dienone is 1. The van der Waals surface area contributed by atoms with Gasteiger partial charge in [-0.3, -0.25) is 0 Å². The maximum atomic E-state index is 11.4. The average molecular weight is 226 g/mol. The van der Waals surface area contributed by atoms with Crippen molar-refractivity contribution in [3.63, 3.8) is 0 Å². The summed E-state index contributed by atoms with van der Waals surface area (Å²) in [5, 5.41) is 0. The van der Waals surface area contributed by atoms with E-state index in [4.69, 9.17) is 4.42 Å². The zero-order valence-corrected chi connectivity index (χ0v) is 9.77. The van der Waals surface area contributed by atoms with E-state index in [0.717, 1.165) is 16.7 Å². The minimum Gasteiger partial charge on any atom is -0.422 e. The summed E-state index contributed by atoms with van der Waals surface area (Å²) in [5.41, 5.74) is 2.57. The molecule has 0 saturated carbocycles.